The molecule has 1 aromatic carbocycles. The van der Waals surface area contributed by atoms with Gasteiger partial charge in [-0.25, -0.2) is 9.59 Å². The zero-order valence-corrected chi connectivity index (χ0v) is 14.9. The van der Waals surface area contributed by atoms with Gasteiger partial charge in [0.2, 0.25) is 0 Å². The molecule has 0 heterocycles. The Labute approximate surface area is 150 Å². The van der Waals surface area contributed by atoms with Gasteiger partial charge < -0.3 is 30.1 Å². The van der Waals surface area contributed by atoms with E-state index >= 15 is 0 Å². The van der Waals surface area contributed by atoms with Crippen LogP contribution in [0.2, 0.25) is 5.02 Å². The van der Waals surface area contributed by atoms with Crippen LogP contribution < -0.4 is 10.1 Å². The van der Waals surface area contributed by atoms with Gasteiger partial charge in [-0.05, 0) is 32.9 Å². The number of alkyl carbamates (subject to hydrolysis) is 1. The molecule has 140 valence electrons. The number of rotatable bonds is 7. The lowest BCUT2D eigenvalue weighted by Gasteiger charge is -2.23. The lowest BCUT2D eigenvalue weighted by molar-refractivity contribution is -0.139. The maximum Gasteiger partial charge on any atom is 0.407 e. The summed E-state index contributed by atoms with van der Waals surface area (Å²) < 4.78 is 10.1. The number of hydrogen-bond acceptors (Lipinski definition) is 6. The van der Waals surface area contributed by atoms with Gasteiger partial charge in [-0.3, -0.25) is 0 Å². The number of carbonyl (C=O) groups excluding carboxylic acids is 1. The fourth-order valence-electron chi connectivity index (χ4n) is 1.84. The first-order chi connectivity index (χ1) is 11.5. The first-order valence-corrected chi connectivity index (χ1v) is 7.84. The van der Waals surface area contributed by atoms with Crippen LogP contribution in [-0.2, 0) is 9.53 Å². The molecule has 0 aliphatic heterocycles. The standard InChI is InChI=1S/C16H22ClNO7/c1-16(2,3)25-15(23)18-7-11(19)14(22)10-5-4-9(17)6-12(10)24-8-13(20)21/h4-6,11,14,19,22H,7-8H2,1-3H3,(H,18,23)(H,20,21). The number of aliphatic hydroxyl groups excluding tert-OH is 2. The molecule has 1 aromatic rings. The molecule has 0 saturated heterocycles. The second-order valence-electron chi connectivity index (χ2n) is 6.26. The summed E-state index contributed by atoms with van der Waals surface area (Å²) in [5.41, 5.74) is -0.550. The first kappa shape index (κ1) is 21.0. The molecule has 8 nitrogen and oxygen atoms in total. The number of aliphatic carboxylic acids is 1. The fourth-order valence-corrected chi connectivity index (χ4v) is 2.00. The molecule has 1 amide bonds. The highest BCUT2D eigenvalue weighted by atomic mass is 35.5. The molecule has 0 spiro atoms. The number of aliphatic hydroxyl groups is 2. The lowest BCUT2D eigenvalue weighted by atomic mass is 10.0. The quantitative estimate of drug-likeness (QED) is 0.571. The topological polar surface area (TPSA) is 125 Å². The predicted molar refractivity (Wildman–Crippen MR) is 89.8 cm³/mol. The summed E-state index contributed by atoms with van der Waals surface area (Å²) >= 11 is 5.84. The van der Waals surface area contributed by atoms with Gasteiger partial charge in [-0.1, -0.05) is 17.7 Å². The number of carboxylic acids is 1. The molecule has 0 aliphatic carbocycles. The molecule has 0 fully saturated rings. The van der Waals surface area contributed by atoms with Crippen molar-refractivity contribution in [2.45, 2.75) is 38.6 Å². The van der Waals surface area contributed by atoms with Crippen LogP contribution in [0.3, 0.4) is 0 Å². The van der Waals surface area contributed by atoms with E-state index in [0.29, 0.717) is 0 Å². The van der Waals surface area contributed by atoms with Crippen LogP contribution in [0.1, 0.15) is 32.4 Å². The van der Waals surface area contributed by atoms with Crippen LogP contribution in [0.4, 0.5) is 4.79 Å². The highest BCUT2D eigenvalue weighted by molar-refractivity contribution is 6.30. The average molecular weight is 376 g/mol. The van der Waals surface area contributed by atoms with Crippen molar-refractivity contribution in [3.8, 4) is 5.75 Å². The van der Waals surface area contributed by atoms with Crippen molar-refractivity contribution in [3.05, 3.63) is 28.8 Å². The number of amides is 1. The van der Waals surface area contributed by atoms with Gasteiger partial charge in [-0.2, -0.15) is 0 Å². The highest BCUT2D eigenvalue weighted by Crippen LogP contribution is 2.30. The summed E-state index contributed by atoms with van der Waals surface area (Å²) in [5, 5.41) is 31.6. The molecule has 9 heteroatoms. The van der Waals surface area contributed by atoms with E-state index in [1.54, 1.807) is 20.8 Å². The maximum atomic E-state index is 11.6. The molecule has 1 rings (SSSR count). The van der Waals surface area contributed by atoms with Gasteiger partial charge >= 0.3 is 12.1 Å². The third-order valence-electron chi connectivity index (χ3n) is 2.86. The van der Waals surface area contributed by atoms with Crippen molar-refractivity contribution >= 4 is 23.7 Å². The Morgan fingerprint density at radius 2 is 1.92 bits per heavy atom. The predicted octanol–water partition coefficient (Wildman–Crippen LogP) is 1.72. The summed E-state index contributed by atoms with van der Waals surface area (Å²) in [6, 6.07) is 4.19. The van der Waals surface area contributed by atoms with Crippen molar-refractivity contribution < 1.29 is 34.4 Å². The molecule has 0 saturated carbocycles. The Morgan fingerprint density at radius 3 is 2.48 bits per heavy atom. The second kappa shape index (κ2) is 8.89. The van der Waals surface area contributed by atoms with Crippen molar-refractivity contribution in [1.29, 1.82) is 0 Å². The second-order valence-corrected chi connectivity index (χ2v) is 6.70. The Morgan fingerprint density at radius 1 is 1.28 bits per heavy atom. The maximum absolute atomic E-state index is 11.6. The molecule has 0 radical (unpaired) electrons. The molecule has 2 atom stereocenters. The summed E-state index contributed by atoms with van der Waals surface area (Å²) in [4.78, 5) is 22.2. The SMILES string of the molecule is CC(C)(C)OC(=O)NCC(O)C(O)c1ccc(Cl)cc1OCC(=O)O. The number of benzene rings is 1. The number of carboxylic acid groups (broad SMARTS) is 1. The zero-order valence-electron chi connectivity index (χ0n) is 14.2. The summed E-state index contributed by atoms with van der Waals surface area (Å²) in [6.45, 7) is 4.16. The Balaban J connectivity index is 2.76. The van der Waals surface area contributed by atoms with E-state index in [9.17, 15) is 19.8 Å². The van der Waals surface area contributed by atoms with Gasteiger partial charge in [0.25, 0.3) is 0 Å². The van der Waals surface area contributed by atoms with Gasteiger partial charge in [0.1, 0.15) is 23.6 Å². The van der Waals surface area contributed by atoms with E-state index in [1.807, 2.05) is 0 Å². The molecule has 0 aromatic heterocycles. The van der Waals surface area contributed by atoms with Gasteiger partial charge in [-0.15, -0.1) is 0 Å². The van der Waals surface area contributed by atoms with Crippen LogP contribution in [0, 0.1) is 0 Å². The van der Waals surface area contributed by atoms with E-state index in [1.165, 1.54) is 18.2 Å². The van der Waals surface area contributed by atoms with Crippen LogP contribution in [0.15, 0.2) is 18.2 Å². The molecular weight excluding hydrogens is 354 g/mol. The van der Waals surface area contributed by atoms with Crippen molar-refractivity contribution in [1.82, 2.24) is 5.32 Å². The molecule has 4 N–H and O–H groups in total. The van der Waals surface area contributed by atoms with Gasteiger partial charge in [0.15, 0.2) is 6.61 Å². The van der Waals surface area contributed by atoms with Crippen molar-refractivity contribution in [2.24, 2.45) is 0 Å². The highest BCUT2D eigenvalue weighted by Gasteiger charge is 2.24. The van der Waals surface area contributed by atoms with Crippen LogP contribution in [0.25, 0.3) is 0 Å². The van der Waals surface area contributed by atoms with Gasteiger partial charge in [0.05, 0.1) is 0 Å². The number of carbonyl (C=O) groups is 2. The van der Waals surface area contributed by atoms with E-state index in [2.05, 4.69) is 5.32 Å². The largest absolute Gasteiger partial charge is 0.481 e. The fraction of sp³-hybridized carbons (Fsp3) is 0.500. The summed E-state index contributed by atoms with van der Waals surface area (Å²) in [5.74, 6) is -1.17. The number of ether oxygens (including phenoxy) is 2. The van der Waals surface area contributed by atoms with E-state index in [4.69, 9.17) is 26.2 Å². The third-order valence-corrected chi connectivity index (χ3v) is 3.10. The molecular formula is C16H22ClNO7. The first-order valence-electron chi connectivity index (χ1n) is 7.46. The smallest absolute Gasteiger partial charge is 0.407 e. The minimum Gasteiger partial charge on any atom is -0.481 e. The van der Waals surface area contributed by atoms with E-state index in [0.717, 1.165) is 0 Å². The van der Waals surface area contributed by atoms with E-state index < -0.39 is 36.5 Å². The van der Waals surface area contributed by atoms with Crippen LogP contribution in [0.5, 0.6) is 5.75 Å². The Kier molecular flexibility index (Phi) is 7.47. The third kappa shape index (κ3) is 7.59. The minimum absolute atomic E-state index is 0.0266. The van der Waals surface area contributed by atoms with Crippen molar-refractivity contribution in [2.75, 3.05) is 13.2 Å². The molecule has 2 unspecified atom stereocenters. The monoisotopic (exact) mass is 375 g/mol. The molecule has 0 bridgehead atoms. The lowest BCUT2D eigenvalue weighted by Crippen LogP contribution is -2.38. The normalized spacial score (nSPS) is 13.7. The van der Waals surface area contributed by atoms with Gasteiger partial charge in [0, 0.05) is 17.1 Å². The minimum atomic E-state index is -1.43. The number of nitrogens with one attached hydrogen (secondary N) is 1. The number of hydrogen-bond donors (Lipinski definition) is 4. The average Bonchev–Trinajstić information content (AvgIpc) is 2.48. The Hall–Kier alpha value is -2.03. The Bertz CT molecular complexity index is 615. The summed E-state index contributed by atoms with van der Waals surface area (Å²) in [6.07, 6.45) is -3.55. The van der Waals surface area contributed by atoms with Crippen LogP contribution >= 0.6 is 11.6 Å². The van der Waals surface area contributed by atoms with Crippen molar-refractivity contribution in [3.63, 3.8) is 0 Å². The van der Waals surface area contributed by atoms with E-state index in [-0.39, 0.29) is 22.9 Å². The number of halogens is 1. The zero-order chi connectivity index (χ0) is 19.2. The summed E-state index contributed by atoms with van der Waals surface area (Å²) in [7, 11) is 0. The van der Waals surface area contributed by atoms with Crippen LogP contribution in [-0.4, -0.2) is 52.2 Å². The molecule has 0 aliphatic rings. The molecule has 25 heavy (non-hydrogen) atoms.